The van der Waals surface area contributed by atoms with Crippen LogP contribution < -0.4 is 0 Å². The van der Waals surface area contributed by atoms with Gasteiger partial charge in [0.1, 0.15) is 6.04 Å². The molecule has 0 bridgehead atoms. The van der Waals surface area contributed by atoms with Crippen molar-refractivity contribution in [1.82, 2.24) is 14.5 Å². The highest BCUT2D eigenvalue weighted by Crippen LogP contribution is 2.36. The Kier molecular flexibility index (Phi) is 3.31. The van der Waals surface area contributed by atoms with Crippen molar-refractivity contribution in [3.8, 4) is 0 Å². The quantitative estimate of drug-likeness (QED) is 0.901. The van der Waals surface area contributed by atoms with E-state index in [0.29, 0.717) is 12.6 Å². The van der Waals surface area contributed by atoms with Gasteiger partial charge in [0, 0.05) is 18.8 Å². The van der Waals surface area contributed by atoms with Gasteiger partial charge in [-0.3, -0.25) is 9.69 Å². The van der Waals surface area contributed by atoms with Gasteiger partial charge in [0.25, 0.3) is 0 Å². The van der Waals surface area contributed by atoms with Crippen molar-refractivity contribution < 1.29 is 9.90 Å². The maximum absolute atomic E-state index is 11.5. The van der Waals surface area contributed by atoms with Crippen molar-refractivity contribution in [1.29, 1.82) is 0 Å². The van der Waals surface area contributed by atoms with Gasteiger partial charge in [0.15, 0.2) is 0 Å². The molecule has 0 aromatic carbocycles. The number of rotatable bonds is 4. The second-order valence-electron chi connectivity index (χ2n) is 5.90. The van der Waals surface area contributed by atoms with Crippen molar-refractivity contribution in [2.75, 3.05) is 6.54 Å². The van der Waals surface area contributed by atoms with Crippen LogP contribution in [0.2, 0.25) is 0 Å². The van der Waals surface area contributed by atoms with Crippen LogP contribution in [0.3, 0.4) is 0 Å². The standard InChI is InChI=1S/C14H21N3O2/c1-10-3-2-6-16(13(10)14(18)19)8-12-7-15-9-17(12)11-4-5-11/h7,9-11,13H,2-6,8H2,1H3,(H,18,19). The van der Waals surface area contributed by atoms with Crippen molar-refractivity contribution in [2.45, 2.75) is 51.2 Å². The average Bonchev–Trinajstić information content (AvgIpc) is 3.10. The summed E-state index contributed by atoms with van der Waals surface area (Å²) in [6.07, 6.45) is 8.31. The number of nitrogens with zero attached hydrogens (tertiary/aromatic N) is 3. The molecule has 1 aromatic rings. The molecule has 2 aliphatic rings. The second-order valence-corrected chi connectivity index (χ2v) is 5.90. The zero-order chi connectivity index (χ0) is 13.4. The minimum absolute atomic E-state index is 0.226. The minimum Gasteiger partial charge on any atom is -0.480 e. The number of aliphatic carboxylic acids is 1. The molecule has 1 aliphatic carbocycles. The highest BCUT2D eigenvalue weighted by atomic mass is 16.4. The predicted molar refractivity (Wildman–Crippen MR) is 70.7 cm³/mol. The normalized spacial score (nSPS) is 28.5. The van der Waals surface area contributed by atoms with Gasteiger partial charge in [-0.05, 0) is 38.1 Å². The van der Waals surface area contributed by atoms with Gasteiger partial charge in [-0.25, -0.2) is 4.98 Å². The maximum atomic E-state index is 11.5. The molecule has 1 aromatic heterocycles. The predicted octanol–water partition coefficient (Wildman–Crippen LogP) is 1.90. The third-order valence-corrected chi connectivity index (χ3v) is 4.34. The van der Waals surface area contributed by atoms with E-state index in [1.54, 1.807) is 0 Å². The molecule has 0 spiro atoms. The lowest BCUT2D eigenvalue weighted by atomic mass is 9.90. The minimum atomic E-state index is -0.690. The Morgan fingerprint density at radius 1 is 1.47 bits per heavy atom. The maximum Gasteiger partial charge on any atom is 0.321 e. The van der Waals surface area contributed by atoms with E-state index < -0.39 is 5.97 Å². The molecule has 1 aliphatic heterocycles. The van der Waals surface area contributed by atoms with Gasteiger partial charge in [0.2, 0.25) is 0 Å². The Morgan fingerprint density at radius 3 is 2.95 bits per heavy atom. The first-order valence-electron chi connectivity index (χ1n) is 7.14. The Morgan fingerprint density at radius 2 is 2.26 bits per heavy atom. The number of carbonyl (C=O) groups is 1. The fraction of sp³-hybridized carbons (Fsp3) is 0.714. The van der Waals surface area contributed by atoms with Crippen molar-refractivity contribution in [3.05, 3.63) is 18.2 Å². The summed E-state index contributed by atoms with van der Waals surface area (Å²) < 4.78 is 2.22. The van der Waals surface area contributed by atoms with Crippen LogP contribution in [0.25, 0.3) is 0 Å². The summed E-state index contributed by atoms with van der Waals surface area (Å²) in [6, 6.07) is 0.249. The average molecular weight is 263 g/mol. The number of hydrogen-bond acceptors (Lipinski definition) is 3. The largest absolute Gasteiger partial charge is 0.480 e. The van der Waals surface area contributed by atoms with Crippen LogP contribution in [0, 0.1) is 5.92 Å². The van der Waals surface area contributed by atoms with E-state index in [-0.39, 0.29) is 12.0 Å². The molecular formula is C14H21N3O2. The van der Waals surface area contributed by atoms with Crippen LogP contribution in [0.5, 0.6) is 0 Å². The molecule has 2 fully saturated rings. The molecule has 0 radical (unpaired) electrons. The Bertz CT molecular complexity index is 467. The smallest absolute Gasteiger partial charge is 0.321 e. The SMILES string of the molecule is CC1CCCN(Cc2cncn2C2CC2)C1C(=O)O. The zero-order valence-corrected chi connectivity index (χ0v) is 11.3. The Hall–Kier alpha value is -1.36. The van der Waals surface area contributed by atoms with E-state index >= 15 is 0 Å². The van der Waals surface area contributed by atoms with Gasteiger partial charge in [-0.1, -0.05) is 6.92 Å². The number of imidazole rings is 1. The lowest BCUT2D eigenvalue weighted by Gasteiger charge is -2.37. The van der Waals surface area contributed by atoms with Crippen LogP contribution in [0.15, 0.2) is 12.5 Å². The molecular weight excluding hydrogens is 242 g/mol. The Labute approximate surface area is 113 Å². The molecule has 104 valence electrons. The summed E-state index contributed by atoms with van der Waals surface area (Å²) in [5.74, 6) is -0.465. The number of piperidine rings is 1. The highest BCUT2D eigenvalue weighted by molar-refractivity contribution is 5.74. The fourth-order valence-corrected chi connectivity index (χ4v) is 3.19. The van der Waals surface area contributed by atoms with Crippen LogP contribution in [0.1, 0.15) is 44.3 Å². The molecule has 2 heterocycles. The topological polar surface area (TPSA) is 58.4 Å². The molecule has 1 N–H and O–H groups in total. The second kappa shape index (κ2) is 4.96. The monoisotopic (exact) mass is 263 g/mol. The van der Waals surface area contributed by atoms with Crippen molar-refractivity contribution in [2.24, 2.45) is 5.92 Å². The van der Waals surface area contributed by atoms with E-state index in [1.807, 2.05) is 19.4 Å². The summed E-state index contributed by atoms with van der Waals surface area (Å²) in [6.45, 7) is 3.62. The first-order valence-corrected chi connectivity index (χ1v) is 7.14. The van der Waals surface area contributed by atoms with Crippen LogP contribution >= 0.6 is 0 Å². The molecule has 3 rings (SSSR count). The summed E-state index contributed by atoms with van der Waals surface area (Å²) in [5.41, 5.74) is 1.16. The fourth-order valence-electron chi connectivity index (χ4n) is 3.19. The van der Waals surface area contributed by atoms with Gasteiger partial charge in [-0.15, -0.1) is 0 Å². The first kappa shape index (κ1) is 12.7. The summed E-state index contributed by atoms with van der Waals surface area (Å²) >= 11 is 0. The lowest BCUT2D eigenvalue weighted by molar-refractivity contribution is -0.147. The van der Waals surface area contributed by atoms with E-state index in [4.69, 9.17) is 0 Å². The number of hydrogen-bond donors (Lipinski definition) is 1. The van der Waals surface area contributed by atoms with Crippen LogP contribution in [0.4, 0.5) is 0 Å². The highest BCUT2D eigenvalue weighted by Gasteiger charge is 2.35. The summed E-state index contributed by atoms with van der Waals surface area (Å²) in [7, 11) is 0. The van der Waals surface area contributed by atoms with Gasteiger partial charge >= 0.3 is 5.97 Å². The van der Waals surface area contributed by atoms with E-state index in [9.17, 15) is 9.90 Å². The molecule has 1 saturated carbocycles. The van der Waals surface area contributed by atoms with E-state index in [1.165, 1.54) is 12.8 Å². The molecule has 2 unspecified atom stereocenters. The molecule has 5 nitrogen and oxygen atoms in total. The van der Waals surface area contributed by atoms with E-state index in [2.05, 4.69) is 14.5 Å². The van der Waals surface area contributed by atoms with Gasteiger partial charge in [-0.2, -0.15) is 0 Å². The number of carboxylic acids is 1. The van der Waals surface area contributed by atoms with E-state index in [0.717, 1.165) is 25.1 Å². The number of aromatic nitrogens is 2. The van der Waals surface area contributed by atoms with Crippen LogP contribution in [-0.4, -0.2) is 38.1 Å². The molecule has 0 amide bonds. The summed E-state index contributed by atoms with van der Waals surface area (Å²) in [5, 5.41) is 9.43. The third kappa shape index (κ3) is 2.52. The van der Waals surface area contributed by atoms with Crippen molar-refractivity contribution >= 4 is 5.97 Å². The Balaban J connectivity index is 1.76. The van der Waals surface area contributed by atoms with Crippen molar-refractivity contribution in [3.63, 3.8) is 0 Å². The van der Waals surface area contributed by atoms with Crippen LogP contribution in [-0.2, 0) is 11.3 Å². The summed E-state index contributed by atoms with van der Waals surface area (Å²) in [4.78, 5) is 17.8. The van der Waals surface area contributed by atoms with Gasteiger partial charge < -0.3 is 9.67 Å². The number of likely N-dealkylation sites (tertiary alicyclic amines) is 1. The number of carboxylic acid groups (broad SMARTS) is 1. The zero-order valence-electron chi connectivity index (χ0n) is 11.3. The third-order valence-electron chi connectivity index (χ3n) is 4.34. The van der Waals surface area contributed by atoms with Gasteiger partial charge in [0.05, 0.1) is 12.0 Å². The first-order chi connectivity index (χ1) is 9.16. The molecule has 2 atom stereocenters. The lowest BCUT2D eigenvalue weighted by Crippen LogP contribution is -2.48. The molecule has 1 saturated heterocycles. The molecule has 5 heteroatoms. The molecule has 19 heavy (non-hydrogen) atoms.